The Labute approximate surface area is 131 Å². The second-order valence-electron chi connectivity index (χ2n) is 5.12. The van der Waals surface area contributed by atoms with Crippen LogP contribution >= 0.6 is 0 Å². The summed E-state index contributed by atoms with van der Waals surface area (Å²) < 4.78 is 0. The van der Waals surface area contributed by atoms with E-state index in [1.165, 1.54) is 31.2 Å². The lowest BCUT2D eigenvalue weighted by Gasteiger charge is -2.14. The minimum atomic E-state index is -1.18. The lowest BCUT2D eigenvalue weighted by molar-refractivity contribution is 0.0696. The summed E-state index contributed by atoms with van der Waals surface area (Å²) in [5.41, 5.74) is 0.784. The van der Waals surface area contributed by atoms with Crippen LogP contribution in [0.5, 0.6) is 0 Å². The fraction of sp³-hybridized carbons (Fsp3) is 0.0588. The highest BCUT2D eigenvalue weighted by atomic mass is 16.4. The largest absolute Gasteiger partial charge is 0.478 e. The molecule has 3 rings (SSSR count). The maximum absolute atomic E-state index is 12.5. The first-order valence-electron chi connectivity index (χ1n) is 6.77. The van der Waals surface area contributed by atoms with E-state index < -0.39 is 17.8 Å². The molecule has 1 aliphatic rings. The minimum Gasteiger partial charge on any atom is -0.478 e. The van der Waals surface area contributed by atoms with Crippen molar-refractivity contribution in [3.05, 3.63) is 64.7 Å². The van der Waals surface area contributed by atoms with Crippen LogP contribution in [-0.2, 0) is 0 Å². The van der Waals surface area contributed by atoms with Crippen LogP contribution in [0.3, 0.4) is 0 Å². The Balaban J connectivity index is 2.08. The smallest absolute Gasteiger partial charge is 0.335 e. The van der Waals surface area contributed by atoms with E-state index in [0.29, 0.717) is 5.56 Å². The molecule has 0 fully saturated rings. The molecular weight excluding hydrogens is 298 g/mol. The highest BCUT2D eigenvalue weighted by molar-refractivity contribution is 6.34. The van der Waals surface area contributed by atoms with E-state index in [-0.39, 0.29) is 28.2 Å². The van der Waals surface area contributed by atoms with Crippen molar-refractivity contribution in [1.82, 2.24) is 0 Å². The van der Waals surface area contributed by atoms with E-state index in [4.69, 9.17) is 5.11 Å². The number of hydrogen-bond donors (Lipinski definition) is 1. The van der Waals surface area contributed by atoms with Gasteiger partial charge in [-0.15, -0.1) is 0 Å². The van der Waals surface area contributed by atoms with Gasteiger partial charge in [-0.05, 0) is 37.3 Å². The number of carbonyl (C=O) groups excluding carboxylic acids is 3. The van der Waals surface area contributed by atoms with Gasteiger partial charge in [-0.1, -0.05) is 12.1 Å². The normalized spacial score (nSPS) is 13.2. The molecule has 0 aliphatic carbocycles. The third-order valence-corrected chi connectivity index (χ3v) is 3.64. The van der Waals surface area contributed by atoms with E-state index in [9.17, 15) is 19.2 Å². The molecule has 1 aliphatic heterocycles. The Morgan fingerprint density at radius 2 is 1.61 bits per heavy atom. The summed E-state index contributed by atoms with van der Waals surface area (Å²) >= 11 is 0. The van der Waals surface area contributed by atoms with E-state index in [1.54, 1.807) is 18.2 Å². The van der Waals surface area contributed by atoms with Gasteiger partial charge in [0.25, 0.3) is 11.8 Å². The molecule has 0 radical (unpaired) electrons. The second kappa shape index (κ2) is 5.17. The third kappa shape index (κ3) is 2.30. The predicted molar refractivity (Wildman–Crippen MR) is 81.0 cm³/mol. The van der Waals surface area contributed by atoms with Crippen molar-refractivity contribution >= 4 is 29.3 Å². The van der Waals surface area contributed by atoms with Crippen LogP contribution in [0.15, 0.2) is 42.5 Å². The van der Waals surface area contributed by atoms with Crippen LogP contribution in [0.2, 0.25) is 0 Å². The maximum Gasteiger partial charge on any atom is 0.335 e. The Morgan fingerprint density at radius 1 is 0.913 bits per heavy atom. The fourth-order valence-electron chi connectivity index (χ4n) is 2.47. The zero-order valence-electron chi connectivity index (χ0n) is 12.1. The van der Waals surface area contributed by atoms with Crippen LogP contribution in [0.1, 0.15) is 48.4 Å². The van der Waals surface area contributed by atoms with Crippen molar-refractivity contribution < 1.29 is 24.3 Å². The summed E-state index contributed by atoms with van der Waals surface area (Å²) in [6, 6.07) is 9.97. The van der Waals surface area contributed by atoms with Gasteiger partial charge in [0.2, 0.25) is 0 Å². The van der Waals surface area contributed by atoms with Crippen molar-refractivity contribution in [3.8, 4) is 0 Å². The number of aromatic carboxylic acids is 1. The van der Waals surface area contributed by atoms with Gasteiger partial charge in [-0.3, -0.25) is 14.4 Å². The van der Waals surface area contributed by atoms with Crippen LogP contribution in [-0.4, -0.2) is 28.7 Å². The molecule has 0 bridgehead atoms. The number of carbonyl (C=O) groups is 4. The van der Waals surface area contributed by atoms with Gasteiger partial charge in [0.15, 0.2) is 5.78 Å². The van der Waals surface area contributed by atoms with Crippen molar-refractivity contribution in [2.24, 2.45) is 0 Å². The number of carboxylic acids is 1. The topological polar surface area (TPSA) is 91.8 Å². The molecule has 114 valence electrons. The number of ketones is 1. The van der Waals surface area contributed by atoms with E-state index in [2.05, 4.69) is 0 Å². The van der Waals surface area contributed by atoms with Gasteiger partial charge in [0.1, 0.15) is 0 Å². The van der Waals surface area contributed by atoms with Crippen molar-refractivity contribution in [2.75, 3.05) is 4.90 Å². The molecule has 0 unspecified atom stereocenters. The average Bonchev–Trinajstić information content (AvgIpc) is 2.78. The van der Waals surface area contributed by atoms with Crippen molar-refractivity contribution in [2.45, 2.75) is 6.92 Å². The van der Waals surface area contributed by atoms with E-state index in [1.807, 2.05) is 0 Å². The van der Waals surface area contributed by atoms with Crippen LogP contribution < -0.4 is 4.90 Å². The summed E-state index contributed by atoms with van der Waals surface area (Å²) in [7, 11) is 0. The number of hydrogen-bond acceptors (Lipinski definition) is 4. The van der Waals surface area contributed by atoms with E-state index >= 15 is 0 Å². The monoisotopic (exact) mass is 309 g/mol. The van der Waals surface area contributed by atoms with Gasteiger partial charge in [-0.2, -0.15) is 0 Å². The number of nitrogens with zero attached hydrogens (tertiary/aromatic N) is 1. The van der Waals surface area contributed by atoms with Gasteiger partial charge in [0.05, 0.1) is 22.4 Å². The van der Waals surface area contributed by atoms with E-state index in [0.717, 1.165) is 4.90 Å². The van der Waals surface area contributed by atoms with Crippen LogP contribution in [0.4, 0.5) is 5.69 Å². The minimum absolute atomic E-state index is 0.0446. The van der Waals surface area contributed by atoms with Gasteiger partial charge >= 0.3 is 5.97 Å². The Morgan fingerprint density at radius 3 is 2.26 bits per heavy atom. The lowest BCUT2D eigenvalue weighted by atomic mass is 10.1. The molecule has 0 spiro atoms. The first-order valence-corrected chi connectivity index (χ1v) is 6.77. The molecule has 0 aromatic heterocycles. The number of rotatable bonds is 3. The first kappa shape index (κ1) is 14.6. The number of carboxylic acid groups (broad SMARTS) is 1. The second-order valence-corrected chi connectivity index (χ2v) is 5.12. The molecular formula is C17H11NO5. The van der Waals surface area contributed by atoms with Crippen molar-refractivity contribution in [3.63, 3.8) is 0 Å². The summed E-state index contributed by atoms with van der Waals surface area (Å²) in [5.74, 6) is -2.50. The highest BCUT2D eigenvalue weighted by Crippen LogP contribution is 2.29. The van der Waals surface area contributed by atoms with Crippen molar-refractivity contribution in [1.29, 1.82) is 0 Å². The summed E-state index contributed by atoms with van der Waals surface area (Å²) in [4.78, 5) is 48.4. The maximum atomic E-state index is 12.5. The molecule has 1 heterocycles. The number of imide groups is 1. The molecule has 0 atom stereocenters. The van der Waals surface area contributed by atoms with Crippen LogP contribution in [0, 0.1) is 0 Å². The Hall–Kier alpha value is -3.28. The molecule has 23 heavy (non-hydrogen) atoms. The standard InChI is InChI=1S/C17H11NO5/c1-9(19)10-3-2-4-12(7-10)18-15(20)13-6-5-11(17(22)23)8-14(13)16(18)21/h2-8H,1H3,(H,22,23). The quantitative estimate of drug-likeness (QED) is 0.694. The molecule has 6 nitrogen and oxygen atoms in total. The lowest BCUT2D eigenvalue weighted by Crippen LogP contribution is -2.29. The highest BCUT2D eigenvalue weighted by Gasteiger charge is 2.37. The first-order chi connectivity index (χ1) is 10.9. The average molecular weight is 309 g/mol. The number of anilines is 1. The summed E-state index contributed by atoms with van der Waals surface area (Å²) in [6.07, 6.45) is 0. The molecule has 2 aromatic carbocycles. The van der Waals surface area contributed by atoms with Gasteiger partial charge in [0, 0.05) is 5.56 Å². The van der Waals surface area contributed by atoms with Gasteiger partial charge in [-0.25, -0.2) is 9.69 Å². The number of amides is 2. The van der Waals surface area contributed by atoms with Gasteiger partial charge < -0.3 is 5.11 Å². The number of benzene rings is 2. The molecule has 0 saturated carbocycles. The molecule has 6 heteroatoms. The Bertz CT molecular complexity index is 884. The Kier molecular flexibility index (Phi) is 3.29. The number of fused-ring (bicyclic) bond motifs is 1. The zero-order chi connectivity index (χ0) is 16.7. The third-order valence-electron chi connectivity index (χ3n) is 3.64. The number of Topliss-reactive ketones (excluding diaryl/α,β-unsaturated/α-hetero) is 1. The SMILES string of the molecule is CC(=O)c1cccc(N2C(=O)c3ccc(C(=O)O)cc3C2=O)c1. The predicted octanol–water partition coefficient (Wildman–Crippen LogP) is 2.39. The molecule has 2 amide bonds. The molecule has 2 aromatic rings. The fourth-order valence-corrected chi connectivity index (χ4v) is 2.47. The zero-order valence-corrected chi connectivity index (χ0v) is 12.1. The summed E-state index contributed by atoms with van der Waals surface area (Å²) in [5, 5.41) is 9.00. The molecule has 0 saturated heterocycles. The molecule has 1 N–H and O–H groups in total. The summed E-state index contributed by atoms with van der Waals surface area (Å²) in [6.45, 7) is 1.39. The van der Waals surface area contributed by atoms with Crippen LogP contribution in [0.25, 0.3) is 0 Å².